The first-order chi connectivity index (χ1) is 13.9. The molecule has 8 heteroatoms. The van der Waals surface area contributed by atoms with Crippen molar-refractivity contribution in [3.05, 3.63) is 54.1 Å². The highest BCUT2D eigenvalue weighted by Crippen LogP contribution is 2.37. The van der Waals surface area contributed by atoms with Crippen LogP contribution in [-0.2, 0) is 9.59 Å². The Bertz CT molecular complexity index is 921. The van der Waals surface area contributed by atoms with Crippen LogP contribution in [0.1, 0.15) is 23.2 Å². The summed E-state index contributed by atoms with van der Waals surface area (Å²) in [4.78, 5) is 38.8. The van der Waals surface area contributed by atoms with E-state index in [2.05, 4.69) is 0 Å². The van der Waals surface area contributed by atoms with E-state index in [9.17, 15) is 29.7 Å². The number of carbonyl (C=O) groups excluding carboxylic acids is 1. The van der Waals surface area contributed by atoms with Gasteiger partial charge in [0, 0.05) is 19.7 Å². The third-order valence-electron chi connectivity index (χ3n) is 5.10. The number of piperidine rings is 1. The quantitative estimate of drug-likeness (QED) is 0.662. The summed E-state index contributed by atoms with van der Waals surface area (Å²) < 4.78 is 0. The monoisotopic (exact) mass is 398 g/mol. The van der Waals surface area contributed by atoms with E-state index in [1.54, 1.807) is 30.3 Å². The van der Waals surface area contributed by atoms with E-state index in [-0.39, 0.29) is 23.8 Å². The number of nitrogens with zero attached hydrogens (tertiary/aromatic N) is 2. The van der Waals surface area contributed by atoms with E-state index < -0.39 is 17.8 Å². The second kappa shape index (κ2) is 8.74. The van der Waals surface area contributed by atoms with Crippen LogP contribution in [0, 0.1) is 5.92 Å². The van der Waals surface area contributed by atoms with E-state index in [1.165, 1.54) is 18.2 Å². The molecule has 0 aromatic heterocycles. The van der Waals surface area contributed by atoms with Crippen LogP contribution < -0.4 is 9.80 Å². The number of hydrogen-bond acceptors (Lipinski definition) is 5. The number of aromatic carboxylic acids is 1. The van der Waals surface area contributed by atoms with Gasteiger partial charge in [0.15, 0.2) is 0 Å². The van der Waals surface area contributed by atoms with Crippen molar-refractivity contribution in [2.45, 2.75) is 12.8 Å². The third kappa shape index (κ3) is 4.22. The Kier molecular flexibility index (Phi) is 6.13. The molecule has 2 aromatic carbocycles. The Hall–Kier alpha value is -3.39. The van der Waals surface area contributed by atoms with E-state index in [0.717, 1.165) is 17.7 Å². The molecule has 0 spiro atoms. The highest BCUT2D eigenvalue weighted by molar-refractivity contribution is 6.40. The Morgan fingerprint density at radius 2 is 1.52 bits per heavy atom. The maximum absolute atomic E-state index is 12.6. The van der Waals surface area contributed by atoms with Gasteiger partial charge in [0.2, 0.25) is 0 Å². The first kappa shape index (κ1) is 20.3. The summed E-state index contributed by atoms with van der Waals surface area (Å²) in [5.74, 6) is -3.97. The van der Waals surface area contributed by atoms with Gasteiger partial charge in [-0.15, -0.1) is 0 Å². The minimum absolute atomic E-state index is 0.00917. The zero-order chi connectivity index (χ0) is 21.0. The standard InChI is InChI=1S/C21H22N2O6/c24-13-14-9-11-22(12-10-14)17-7-3-4-8-18(17)23(19(25)21(28)29)16-6-2-1-5-15(16)20(26)27/h1-8,14,24H,9-13H2,(H,26,27)(H,28,29). The average molecular weight is 398 g/mol. The summed E-state index contributed by atoms with van der Waals surface area (Å²) in [6.45, 7) is 1.39. The van der Waals surface area contributed by atoms with Crippen LogP contribution in [0.3, 0.4) is 0 Å². The highest BCUT2D eigenvalue weighted by atomic mass is 16.4. The van der Waals surface area contributed by atoms with Crippen molar-refractivity contribution >= 4 is 34.9 Å². The van der Waals surface area contributed by atoms with Gasteiger partial charge < -0.3 is 20.2 Å². The second-order valence-corrected chi connectivity index (χ2v) is 6.87. The number of anilines is 3. The molecule has 1 heterocycles. The van der Waals surface area contributed by atoms with Gasteiger partial charge in [-0.05, 0) is 43.0 Å². The summed E-state index contributed by atoms with van der Waals surface area (Å²) in [7, 11) is 0. The Balaban J connectivity index is 2.11. The Morgan fingerprint density at radius 1 is 0.931 bits per heavy atom. The largest absolute Gasteiger partial charge is 0.478 e. The van der Waals surface area contributed by atoms with Crippen LogP contribution in [0.5, 0.6) is 0 Å². The Labute approximate surface area is 167 Å². The fourth-order valence-electron chi connectivity index (χ4n) is 3.57. The molecule has 0 atom stereocenters. The van der Waals surface area contributed by atoms with Crippen molar-refractivity contribution in [1.82, 2.24) is 0 Å². The number of rotatable bonds is 5. The molecule has 1 fully saturated rings. The van der Waals surface area contributed by atoms with Crippen molar-refractivity contribution in [1.29, 1.82) is 0 Å². The fraction of sp³-hybridized carbons (Fsp3) is 0.286. The lowest BCUT2D eigenvalue weighted by molar-refractivity contribution is -0.148. The smallest absolute Gasteiger partial charge is 0.395 e. The van der Waals surface area contributed by atoms with Crippen LogP contribution >= 0.6 is 0 Å². The Morgan fingerprint density at radius 3 is 2.10 bits per heavy atom. The molecule has 1 aliphatic rings. The predicted molar refractivity (Wildman–Crippen MR) is 107 cm³/mol. The molecule has 2 aromatic rings. The fourth-order valence-corrected chi connectivity index (χ4v) is 3.57. The summed E-state index contributed by atoms with van der Waals surface area (Å²) in [5.41, 5.74) is 0.760. The van der Waals surface area contributed by atoms with Crippen LogP contribution in [-0.4, -0.2) is 52.9 Å². The molecular formula is C21H22N2O6. The summed E-state index contributed by atoms with van der Waals surface area (Å²) in [6.07, 6.45) is 1.53. The number of carboxylic acid groups (broad SMARTS) is 2. The van der Waals surface area contributed by atoms with Gasteiger partial charge >= 0.3 is 17.8 Å². The van der Waals surface area contributed by atoms with Crippen LogP contribution in [0.4, 0.5) is 17.1 Å². The second-order valence-electron chi connectivity index (χ2n) is 6.87. The summed E-state index contributed by atoms with van der Waals surface area (Å²) >= 11 is 0. The van der Waals surface area contributed by atoms with E-state index in [1.807, 2.05) is 4.90 Å². The lowest BCUT2D eigenvalue weighted by atomic mass is 9.97. The van der Waals surface area contributed by atoms with Crippen molar-refractivity contribution in [2.24, 2.45) is 5.92 Å². The van der Waals surface area contributed by atoms with Gasteiger partial charge in [0.05, 0.1) is 22.6 Å². The van der Waals surface area contributed by atoms with Gasteiger partial charge in [-0.2, -0.15) is 0 Å². The van der Waals surface area contributed by atoms with Gasteiger partial charge in [0.1, 0.15) is 0 Å². The normalized spacial score (nSPS) is 14.4. The first-order valence-corrected chi connectivity index (χ1v) is 9.28. The summed E-state index contributed by atoms with van der Waals surface area (Å²) in [5, 5.41) is 28.3. The van der Waals surface area contributed by atoms with Crippen molar-refractivity contribution in [3.8, 4) is 0 Å². The molecule has 1 saturated heterocycles. The van der Waals surface area contributed by atoms with Crippen LogP contribution in [0.2, 0.25) is 0 Å². The van der Waals surface area contributed by atoms with Crippen molar-refractivity contribution in [2.75, 3.05) is 29.5 Å². The number of benzene rings is 2. The molecule has 29 heavy (non-hydrogen) atoms. The van der Waals surface area contributed by atoms with Crippen molar-refractivity contribution in [3.63, 3.8) is 0 Å². The van der Waals surface area contributed by atoms with E-state index >= 15 is 0 Å². The molecule has 3 rings (SSSR count). The number of aliphatic hydroxyl groups is 1. The molecule has 1 aliphatic heterocycles. The van der Waals surface area contributed by atoms with Gasteiger partial charge in [-0.3, -0.25) is 9.69 Å². The molecule has 0 unspecified atom stereocenters. The maximum atomic E-state index is 12.6. The molecule has 3 N–H and O–H groups in total. The number of hydrogen-bond donors (Lipinski definition) is 3. The number of aliphatic carboxylic acids is 1. The average Bonchev–Trinajstić information content (AvgIpc) is 2.74. The van der Waals surface area contributed by atoms with Gasteiger partial charge in [-0.1, -0.05) is 24.3 Å². The lowest BCUT2D eigenvalue weighted by Crippen LogP contribution is -2.38. The molecule has 0 bridgehead atoms. The molecule has 0 saturated carbocycles. The lowest BCUT2D eigenvalue weighted by Gasteiger charge is -2.36. The maximum Gasteiger partial charge on any atom is 0.395 e. The molecule has 152 valence electrons. The number of para-hydroxylation sites is 3. The summed E-state index contributed by atoms with van der Waals surface area (Å²) in [6, 6.07) is 12.6. The number of carbonyl (C=O) groups is 3. The number of aliphatic hydroxyl groups excluding tert-OH is 1. The third-order valence-corrected chi connectivity index (χ3v) is 5.10. The van der Waals surface area contributed by atoms with Gasteiger partial charge in [-0.25, -0.2) is 9.59 Å². The molecule has 0 radical (unpaired) electrons. The van der Waals surface area contributed by atoms with E-state index in [0.29, 0.717) is 24.5 Å². The first-order valence-electron chi connectivity index (χ1n) is 9.28. The minimum Gasteiger partial charge on any atom is -0.478 e. The van der Waals surface area contributed by atoms with Gasteiger partial charge in [0.25, 0.3) is 0 Å². The topological polar surface area (TPSA) is 118 Å². The van der Waals surface area contributed by atoms with Crippen LogP contribution in [0.15, 0.2) is 48.5 Å². The number of carboxylic acids is 2. The zero-order valence-corrected chi connectivity index (χ0v) is 15.7. The van der Waals surface area contributed by atoms with Crippen molar-refractivity contribution < 1.29 is 29.7 Å². The van der Waals surface area contributed by atoms with E-state index in [4.69, 9.17) is 0 Å². The molecule has 1 amide bonds. The molecule has 8 nitrogen and oxygen atoms in total. The molecule has 0 aliphatic carbocycles. The SMILES string of the molecule is O=C(O)C(=O)N(c1ccccc1C(=O)O)c1ccccc1N1CCC(CO)CC1. The minimum atomic E-state index is -1.68. The zero-order valence-electron chi connectivity index (χ0n) is 15.7. The van der Waals surface area contributed by atoms with Crippen LogP contribution in [0.25, 0.3) is 0 Å². The molecular weight excluding hydrogens is 376 g/mol. The highest BCUT2D eigenvalue weighted by Gasteiger charge is 2.31. The number of amides is 1. The predicted octanol–water partition coefficient (Wildman–Crippen LogP) is 2.34.